The van der Waals surface area contributed by atoms with Gasteiger partial charge in [-0.25, -0.2) is 0 Å². The van der Waals surface area contributed by atoms with Crippen molar-refractivity contribution in [1.82, 2.24) is 4.98 Å². The van der Waals surface area contributed by atoms with Crippen LogP contribution in [0.3, 0.4) is 0 Å². The molecule has 37 heavy (non-hydrogen) atoms. The lowest BCUT2D eigenvalue weighted by Gasteiger charge is -2.57. The largest absolute Gasteiger partial charge is 0.462 e. The molecular weight excluding hydrogens is 454 g/mol. The molecule has 1 heterocycles. The number of carbonyl (C=O) groups excluding carboxylic acids is 1. The van der Waals surface area contributed by atoms with Gasteiger partial charge in [0.2, 0.25) is 0 Å². The molecule has 4 aliphatic carbocycles. The van der Waals surface area contributed by atoms with Crippen LogP contribution in [-0.2, 0) is 9.53 Å². The quantitative estimate of drug-likeness (QED) is 0.227. The highest BCUT2D eigenvalue weighted by Gasteiger charge is 2.57. The third-order valence-corrected chi connectivity index (χ3v) is 9.43. The minimum absolute atomic E-state index is 0.0105. The number of pyridine rings is 1. The van der Waals surface area contributed by atoms with E-state index in [9.17, 15) is 4.79 Å². The normalized spacial score (nSPS) is 45.6. The first-order valence-corrected chi connectivity index (χ1v) is 13.1. The maximum atomic E-state index is 13.5. The smallest absolute Gasteiger partial charge is 0.306 e. The number of allylic oxidation sites excluding steroid dienone is 3. The van der Waals surface area contributed by atoms with Crippen LogP contribution in [0.4, 0.5) is 0 Å². The van der Waals surface area contributed by atoms with Crippen molar-refractivity contribution < 1.29 is 35.6 Å². The number of hydrogen-bond acceptors (Lipinski definition) is 3. The molecule has 0 bridgehead atoms. The van der Waals surface area contributed by atoms with Crippen LogP contribution >= 0.6 is 0 Å². The van der Waals surface area contributed by atoms with E-state index in [4.69, 9.17) is 30.8 Å². The van der Waals surface area contributed by atoms with Gasteiger partial charge in [0.15, 0.2) is 0 Å². The second-order valence-corrected chi connectivity index (χ2v) is 11.1. The number of aromatic nitrogens is 1. The van der Waals surface area contributed by atoms with E-state index >= 15 is 0 Å². The number of nitrogens with zero attached hydrogens (tertiary/aromatic N) is 1. The summed E-state index contributed by atoms with van der Waals surface area (Å²) in [5, 5.41) is 0. The maximum Gasteiger partial charge on any atom is 0.306 e. The minimum Gasteiger partial charge on any atom is -0.462 e. The monoisotopic (exact) mass is 522 g/mol. The predicted octanol–water partition coefficient (Wildman–Crippen LogP) is 9.09. The highest BCUT2D eigenvalue weighted by molar-refractivity contribution is 5.72. The van der Waals surface area contributed by atoms with Crippen molar-refractivity contribution in [2.45, 2.75) is 123 Å². The molecule has 0 aromatic carbocycles. The average Bonchev–Trinajstić information content (AvgIpc) is 3.44. The summed E-state index contributed by atoms with van der Waals surface area (Å²) in [6.07, 6.45) is -23.2. The number of esters is 1. The maximum absolute atomic E-state index is 13.5. The fourth-order valence-corrected chi connectivity index (χ4v) is 7.68. The van der Waals surface area contributed by atoms with Gasteiger partial charge in [-0.1, -0.05) is 82.7 Å². The Morgan fingerprint density at radius 2 is 1.86 bits per heavy atom. The van der Waals surface area contributed by atoms with E-state index in [2.05, 4.69) is 37.0 Å². The van der Waals surface area contributed by atoms with Crippen LogP contribution in [0.15, 0.2) is 42.3 Å². The second kappa shape index (κ2) is 11.5. The molecule has 2 fully saturated rings. The van der Waals surface area contributed by atoms with Gasteiger partial charge in [-0.15, -0.1) is 0 Å². The van der Waals surface area contributed by atoms with Gasteiger partial charge < -0.3 is 4.74 Å². The minimum atomic E-state index is -4.58. The molecule has 202 valence electrons. The SMILES string of the molecule is [2H]C([2H])([2H])C([2H])([2H])C([2H])([2H])C([2H])([2H])C([2H])([2H])C([2H])([2H])C([2H])([2H])C([2H])([2H])C([2H])([2H])C(=O)O[C@H]1CC[C@@]2(C)C(=CC[C@@H]3[C@@H]2CC[C@]2(C)C(c4cccnc4)=CC[C@@H]32)C1. The highest BCUT2D eigenvalue weighted by atomic mass is 16.5. The number of ether oxygens (including phenoxy) is 1. The molecule has 6 atom stereocenters. The summed E-state index contributed by atoms with van der Waals surface area (Å²) < 4.78 is 159. The third kappa shape index (κ3) is 5.34. The summed E-state index contributed by atoms with van der Waals surface area (Å²) in [6, 6.07) is 4.03. The topological polar surface area (TPSA) is 39.2 Å². The summed E-state index contributed by atoms with van der Waals surface area (Å²) in [4.78, 5) is 17.8. The molecule has 0 spiro atoms. The molecular formula is C34H49NO2. The van der Waals surface area contributed by atoms with E-state index in [1.807, 2.05) is 12.3 Å². The molecule has 0 N–H and O–H groups in total. The molecule has 1 aromatic rings. The first kappa shape index (κ1) is 12.1. The number of carbonyl (C=O) groups is 1. The molecule has 1 aromatic heterocycles. The Bertz CT molecular complexity index is 1750. The first-order chi connectivity index (χ1) is 25.1. The van der Waals surface area contributed by atoms with Crippen molar-refractivity contribution in [3.63, 3.8) is 0 Å². The Labute approximate surface area is 252 Å². The van der Waals surface area contributed by atoms with Crippen molar-refractivity contribution in [2.75, 3.05) is 0 Å². The van der Waals surface area contributed by atoms with Crippen LogP contribution in [-0.4, -0.2) is 17.1 Å². The predicted molar refractivity (Wildman–Crippen MR) is 152 cm³/mol. The van der Waals surface area contributed by atoms with Gasteiger partial charge in [-0.3, -0.25) is 9.78 Å². The number of hydrogen-bond donors (Lipinski definition) is 0. The standard InChI is InChI=1S/C34H49NO2/c1-4-5-6-7-8-9-10-13-32(36)37-27-18-20-33(2)26(23-27)14-15-28-30-17-16-29(25-12-11-22-35-24-25)34(30,3)21-19-31(28)33/h11-12,14,16,22,24,27-28,30-31H,4-10,13,15,17-21,23H2,1-3H3/t27-,28-,30-,31-,33-,34+/m0/s1/i1D3,4D2,5D2,6D2,7D2,8D2,9D2,10D2,13D2. The zero-order valence-corrected chi connectivity index (χ0v) is 21.5. The molecule has 0 amide bonds. The molecule has 3 heteroatoms. The van der Waals surface area contributed by atoms with Gasteiger partial charge in [0.05, 0.1) is 0 Å². The van der Waals surface area contributed by atoms with Gasteiger partial charge in [0.1, 0.15) is 6.10 Å². The fraction of sp³-hybridized carbons (Fsp3) is 0.706. The lowest BCUT2D eigenvalue weighted by Crippen LogP contribution is -2.50. The molecule has 5 rings (SSSR count). The molecule has 3 nitrogen and oxygen atoms in total. The van der Waals surface area contributed by atoms with Crippen molar-refractivity contribution >= 4 is 11.5 Å². The summed E-state index contributed by atoms with van der Waals surface area (Å²) >= 11 is 0. The summed E-state index contributed by atoms with van der Waals surface area (Å²) in [6.45, 7) is 0.609. The molecule has 0 aliphatic heterocycles. The van der Waals surface area contributed by atoms with E-state index in [1.54, 1.807) is 6.20 Å². The van der Waals surface area contributed by atoms with Crippen molar-refractivity contribution in [2.24, 2.45) is 28.6 Å². The first-order valence-electron chi connectivity index (χ1n) is 22.6. The Morgan fingerprint density at radius 1 is 1.05 bits per heavy atom. The molecule has 0 unspecified atom stereocenters. The van der Waals surface area contributed by atoms with Gasteiger partial charge in [-0.05, 0) is 90.7 Å². The Morgan fingerprint density at radius 3 is 2.68 bits per heavy atom. The second-order valence-electron chi connectivity index (χ2n) is 11.1. The van der Waals surface area contributed by atoms with E-state index in [0.717, 1.165) is 36.8 Å². The third-order valence-electron chi connectivity index (χ3n) is 9.43. The zero-order chi connectivity index (χ0) is 42.7. The Kier molecular flexibility index (Phi) is 3.74. The Hall–Kier alpha value is -1.90. The van der Waals surface area contributed by atoms with E-state index in [0.29, 0.717) is 24.2 Å². The highest BCUT2D eigenvalue weighted by Crippen LogP contribution is 2.66. The van der Waals surface area contributed by atoms with Gasteiger partial charge in [-0.2, -0.15) is 0 Å². The number of fused-ring (bicyclic) bond motifs is 5. The van der Waals surface area contributed by atoms with Crippen LogP contribution in [0.5, 0.6) is 0 Å². The van der Waals surface area contributed by atoms with E-state index < -0.39 is 69.9 Å². The lowest BCUT2D eigenvalue weighted by atomic mass is 9.47. The number of rotatable bonds is 10. The summed E-state index contributed by atoms with van der Waals surface area (Å²) in [7, 11) is 0. The van der Waals surface area contributed by atoms with Crippen LogP contribution in [0.2, 0.25) is 0 Å². The van der Waals surface area contributed by atoms with Gasteiger partial charge in [0.25, 0.3) is 0 Å². The van der Waals surface area contributed by atoms with Gasteiger partial charge in [0, 0.05) is 51.2 Å². The van der Waals surface area contributed by atoms with Crippen LogP contribution < -0.4 is 0 Å². The lowest BCUT2D eigenvalue weighted by molar-refractivity contribution is -0.151. The van der Waals surface area contributed by atoms with Crippen LogP contribution in [0.1, 0.15) is 148 Å². The summed E-state index contributed by atoms with van der Waals surface area (Å²) in [5.41, 5.74) is 3.20. The van der Waals surface area contributed by atoms with Gasteiger partial charge >= 0.3 is 5.97 Å². The Balaban J connectivity index is 1.34. The molecule has 2 saturated carbocycles. The fourth-order valence-electron chi connectivity index (χ4n) is 7.68. The van der Waals surface area contributed by atoms with Crippen molar-refractivity contribution in [3.8, 4) is 0 Å². The molecule has 0 saturated heterocycles. The zero-order valence-electron chi connectivity index (χ0n) is 40.5. The van der Waals surface area contributed by atoms with E-state index in [1.165, 1.54) is 5.57 Å². The van der Waals surface area contributed by atoms with Crippen molar-refractivity contribution in [3.05, 3.63) is 47.8 Å². The molecule has 4 aliphatic rings. The average molecular weight is 523 g/mol. The van der Waals surface area contributed by atoms with E-state index in [-0.39, 0.29) is 23.7 Å². The van der Waals surface area contributed by atoms with Crippen LogP contribution in [0, 0.1) is 28.6 Å². The van der Waals surface area contributed by atoms with Crippen LogP contribution in [0.25, 0.3) is 5.57 Å². The molecule has 0 radical (unpaired) electrons. The summed E-state index contributed by atoms with van der Waals surface area (Å²) in [5.74, 6) is -0.779. The van der Waals surface area contributed by atoms with Crippen molar-refractivity contribution in [1.29, 1.82) is 0 Å².